The lowest BCUT2D eigenvalue weighted by Gasteiger charge is -2.04. The Hall–Kier alpha value is -2.26. The molecule has 20 heavy (non-hydrogen) atoms. The van der Waals surface area contributed by atoms with Crippen molar-refractivity contribution in [1.82, 2.24) is 0 Å². The number of fused-ring (bicyclic) bond motifs is 1. The summed E-state index contributed by atoms with van der Waals surface area (Å²) in [6, 6.07) is 12.2. The van der Waals surface area contributed by atoms with Crippen LogP contribution in [0.15, 0.2) is 57.9 Å². The largest absolute Gasteiger partial charge is 0.497 e. The van der Waals surface area contributed by atoms with Gasteiger partial charge in [-0.05, 0) is 29.8 Å². The summed E-state index contributed by atoms with van der Waals surface area (Å²) in [5.41, 5.74) is 1.73. The molecule has 2 aromatic carbocycles. The maximum Gasteiger partial charge on any atom is 0.200 e. The first-order valence-electron chi connectivity index (χ1n) is 6.04. The van der Waals surface area contributed by atoms with Gasteiger partial charge in [-0.2, -0.15) is 0 Å². The van der Waals surface area contributed by atoms with Gasteiger partial charge >= 0.3 is 0 Å². The highest BCUT2D eigenvalue weighted by Crippen LogP contribution is 2.23. The number of halogens is 1. The van der Waals surface area contributed by atoms with Crippen molar-refractivity contribution in [3.8, 4) is 16.9 Å². The van der Waals surface area contributed by atoms with Crippen LogP contribution in [0, 0.1) is 0 Å². The van der Waals surface area contributed by atoms with E-state index in [2.05, 4.69) is 0 Å². The summed E-state index contributed by atoms with van der Waals surface area (Å²) in [6.07, 6.45) is 1.47. The normalized spacial score (nSPS) is 10.7. The molecule has 0 saturated carbocycles. The van der Waals surface area contributed by atoms with Gasteiger partial charge in [0.05, 0.1) is 18.1 Å². The molecule has 3 aromatic rings. The van der Waals surface area contributed by atoms with Gasteiger partial charge in [-0.3, -0.25) is 4.79 Å². The summed E-state index contributed by atoms with van der Waals surface area (Å²) in [7, 11) is 1.57. The molecule has 0 unspecified atom stereocenters. The van der Waals surface area contributed by atoms with E-state index in [1.54, 1.807) is 49.6 Å². The van der Waals surface area contributed by atoms with Gasteiger partial charge < -0.3 is 9.15 Å². The Kier molecular flexibility index (Phi) is 3.20. The van der Waals surface area contributed by atoms with Crippen LogP contribution in [0.25, 0.3) is 22.1 Å². The maximum atomic E-state index is 12.5. The van der Waals surface area contributed by atoms with Gasteiger partial charge in [-0.25, -0.2) is 0 Å². The van der Waals surface area contributed by atoms with E-state index < -0.39 is 0 Å². The fourth-order valence-corrected chi connectivity index (χ4v) is 2.19. The quantitative estimate of drug-likeness (QED) is 0.711. The Balaban J connectivity index is 2.21. The van der Waals surface area contributed by atoms with Gasteiger partial charge in [-0.15, -0.1) is 0 Å². The van der Waals surface area contributed by atoms with E-state index in [1.165, 1.54) is 6.26 Å². The number of rotatable bonds is 2. The first-order chi connectivity index (χ1) is 9.69. The molecule has 0 atom stereocenters. The molecule has 0 bridgehead atoms. The van der Waals surface area contributed by atoms with Gasteiger partial charge in [0.15, 0.2) is 5.43 Å². The number of hydrogen-bond donors (Lipinski definition) is 0. The van der Waals surface area contributed by atoms with Crippen molar-refractivity contribution in [2.24, 2.45) is 0 Å². The van der Waals surface area contributed by atoms with Crippen molar-refractivity contribution in [2.75, 3.05) is 7.11 Å². The molecule has 0 aliphatic rings. The molecule has 3 rings (SSSR count). The predicted molar refractivity (Wildman–Crippen MR) is 79.5 cm³/mol. The van der Waals surface area contributed by atoms with Gasteiger partial charge in [-0.1, -0.05) is 23.7 Å². The highest BCUT2D eigenvalue weighted by atomic mass is 35.5. The number of hydrogen-bond acceptors (Lipinski definition) is 3. The standard InChI is InChI=1S/C16H11ClO3/c1-19-12-6-7-13-15(8-12)20-9-14(16(13)18)10-2-4-11(17)5-3-10/h2-9H,1H3. The Morgan fingerprint density at radius 2 is 1.85 bits per heavy atom. The van der Waals surface area contributed by atoms with Crippen LogP contribution in [-0.4, -0.2) is 7.11 Å². The summed E-state index contributed by atoms with van der Waals surface area (Å²) in [5.74, 6) is 0.653. The lowest BCUT2D eigenvalue weighted by atomic mass is 10.1. The van der Waals surface area contributed by atoms with E-state index in [0.29, 0.717) is 27.3 Å². The molecular formula is C16H11ClO3. The summed E-state index contributed by atoms with van der Waals surface area (Å²) >= 11 is 5.85. The molecule has 0 fully saturated rings. The van der Waals surface area contributed by atoms with Crippen LogP contribution in [0.5, 0.6) is 5.75 Å². The van der Waals surface area contributed by atoms with Crippen LogP contribution in [0.1, 0.15) is 0 Å². The Morgan fingerprint density at radius 1 is 1.10 bits per heavy atom. The maximum absolute atomic E-state index is 12.5. The third kappa shape index (κ3) is 2.17. The average molecular weight is 287 g/mol. The van der Waals surface area contributed by atoms with Gasteiger partial charge in [0.2, 0.25) is 0 Å². The molecule has 0 spiro atoms. The van der Waals surface area contributed by atoms with E-state index in [0.717, 1.165) is 5.56 Å². The van der Waals surface area contributed by atoms with E-state index in [9.17, 15) is 4.79 Å². The molecule has 4 heteroatoms. The van der Waals surface area contributed by atoms with Gasteiger partial charge in [0, 0.05) is 11.1 Å². The van der Waals surface area contributed by atoms with Crippen LogP contribution in [-0.2, 0) is 0 Å². The van der Waals surface area contributed by atoms with Crippen LogP contribution in [0.2, 0.25) is 5.02 Å². The second-order valence-electron chi connectivity index (χ2n) is 4.35. The third-order valence-electron chi connectivity index (χ3n) is 3.14. The number of methoxy groups -OCH3 is 1. The van der Waals surface area contributed by atoms with E-state index >= 15 is 0 Å². The lowest BCUT2D eigenvalue weighted by molar-refractivity contribution is 0.414. The van der Waals surface area contributed by atoms with Crippen molar-refractivity contribution >= 4 is 22.6 Å². The zero-order chi connectivity index (χ0) is 14.1. The van der Waals surface area contributed by atoms with Crippen LogP contribution >= 0.6 is 11.6 Å². The molecule has 1 aromatic heterocycles. The Morgan fingerprint density at radius 3 is 2.55 bits per heavy atom. The van der Waals surface area contributed by atoms with E-state index in [1.807, 2.05) is 0 Å². The molecule has 0 aliphatic carbocycles. The minimum absolute atomic E-state index is 0.0729. The smallest absolute Gasteiger partial charge is 0.200 e. The number of ether oxygens (including phenoxy) is 1. The Labute approximate surface area is 120 Å². The minimum atomic E-state index is -0.0729. The third-order valence-corrected chi connectivity index (χ3v) is 3.39. The van der Waals surface area contributed by atoms with Crippen molar-refractivity contribution in [3.05, 3.63) is 64.0 Å². The summed E-state index contributed by atoms with van der Waals surface area (Å²) in [4.78, 5) is 12.5. The molecule has 0 amide bonds. The lowest BCUT2D eigenvalue weighted by Crippen LogP contribution is -2.04. The van der Waals surface area contributed by atoms with Crippen LogP contribution in [0.4, 0.5) is 0 Å². The van der Waals surface area contributed by atoms with E-state index in [4.69, 9.17) is 20.8 Å². The topological polar surface area (TPSA) is 39.4 Å². The zero-order valence-electron chi connectivity index (χ0n) is 10.7. The monoisotopic (exact) mass is 286 g/mol. The number of benzene rings is 2. The fraction of sp³-hybridized carbons (Fsp3) is 0.0625. The fourth-order valence-electron chi connectivity index (χ4n) is 2.06. The van der Waals surface area contributed by atoms with Crippen molar-refractivity contribution in [2.45, 2.75) is 0 Å². The minimum Gasteiger partial charge on any atom is -0.497 e. The first kappa shape index (κ1) is 12.8. The van der Waals surface area contributed by atoms with E-state index in [-0.39, 0.29) is 5.43 Å². The predicted octanol–water partition coefficient (Wildman–Crippen LogP) is 4.12. The average Bonchev–Trinajstić information content (AvgIpc) is 2.48. The molecule has 0 aliphatic heterocycles. The van der Waals surface area contributed by atoms with Crippen molar-refractivity contribution in [1.29, 1.82) is 0 Å². The summed E-state index contributed by atoms with van der Waals surface area (Å²) in [5, 5.41) is 1.15. The molecule has 0 N–H and O–H groups in total. The van der Waals surface area contributed by atoms with Gasteiger partial charge in [0.25, 0.3) is 0 Å². The molecule has 1 heterocycles. The van der Waals surface area contributed by atoms with Crippen LogP contribution in [0.3, 0.4) is 0 Å². The molecule has 100 valence electrons. The second kappa shape index (κ2) is 5.02. The molecule has 0 saturated heterocycles. The van der Waals surface area contributed by atoms with Crippen LogP contribution < -0.4 is 10.2 Å². The summed E-state index contributed by atoms with van der Waals surface area (Å²) in [6.45, 7) is 0. The van der Waals surface area contributed by atoms with Gasteiger partial charge in [0.1, 0.15) is 17.6 Å². The molecule has 0 radical (unpaired) electrons. The molecular weight excluding hydrogens is 276 g/mol. The molecule has 3 nitrogen and oxygen atoms in total. The zero-order valence-corrected chi connectivity index (χ0v) is 11.5. The van der Waals surface area contributed by atoms with Crippen molar-refractivity contribution in [3.63, 3.8) is 0 Å². The second-order valence-corrected chi connectivity index (χ2v) is 4.78. The highest BCUT2D eigenvalue weighted by molar-refractivity contribution is 6.30. The van der Waals surface area contributed by atoms with Crippen molar-refractivity contribution < 1.29 is 9.15 Å². The highest BCUT2D eigenvalue weighted by Gasteiger charge is 2.09. The first-order valence-corrected chi connectivity index (χ1v) is 6.42. The Bertz CT molecular complexity index is 819. The summed E-state index contributed by atoms with van der Waals surface area (Å²) < 4.78 is 10.7. The SMILES string of the molecule is COc1ccc2c(=O)c(-c3ccc(Cl)cc3)coc2c1.